The maximum Gasteiger partial charge on any atom is 0.196 e. The first-order chi connectivity index (χ1) is 7.59. The molecule has 0 saturated heterocycles. The molecule has 0 unspecified atom stereocenters. The molecule has 0 radical (unpaired) electrons. The topological polar surface area (TPSA) is 56.2 Å². The molecule has 0 bridgehead atoms. The fourth-order valence-corrected chi connectivity index (χ4v) is 1.62. The van der Waals surface area contributed by atoms with Crippen LogP contribution in [0.4, 0.5) is 5.69 Å². The normalized spacial score (nSPS) is 10.4. The molecule has 82 valence electrons. The quantitative estimate of drug-likeness (QED) is 0.643. The summed E-state index contributed by atoms with van der Waals surface area (Å²) in [5.41, 5.74) is 7.08. The van der Waals surface area contributed by atoms with Crippen LogP contribution >= 0.6 is 11.6 Å². The van der Waals surface area contributed by atoms with Gasteiger partial charge in [0.25, 0.3) is 0 Å². The molecule has 0 spiro atoms. The third kappa shape index (κ3) is 1.82. The number of halogens is 1. The molecule has 1 aromatic heterocycles. The Morgan fingerprint density at radius 2 is 2.12 bits per heavy atom. The highest BCUT2D eigenvalue weighted by Crippen LogP contribution is 2.22. The number of nitrogens with two attached hydrogens (primary N) is 1. The summed E-state index contributed by atoms with van der Waals surface area (Å²) in [5, 5.41) is 0.381. The molecule has 2 aromatic rings. The van der Waals surface area contributed by atoms with Gasteiger partial charge < -0.3 is 10.2 Å². The first kappa shape index (κ1) is 10.8. The highest BCUT2D eigenvalue weighted by molar-refractivity contribution is 6.33. The van der Waals surface area contributed by atoms with Crippen molar-refractivity contribution in [2.45, 2.75) is 6.92 Å². The number of hydrogen-bond acceptors (Lipinski definition) is 3. The number of ketones is 1. The number of aryl methyl sites for hydroxylation is 1. The number of hydrogen-bond donors (Lipinski definition) is 1. The zero-order chi connectivity index (χ0) is 11.7. The Morgan fingerprint density at radius 3 is 2.69 bits per heavy atom. The summed E-state index contributed by atoms with van der Waals surface area (Å²) in [7, 11) is 0. The lowest BCUT2D eigenvalue weighted by atomic mass is 10.0. The molecular formula is C12H10ClNO2. The van der Waals surface area contributed by atoms with Crippen LogP contribution in [0, 0.1) is 6.92 Å². The summed E-state index contributed by atoms with van der Waals surface area (Å²) in [4.78, 5) is 12.0. The minimum absolute atomic E-state index is 0.117. The van der Waals surface area contributed by atoms with E-state index in [1.54, 1.807) is 31.2 Å². The van der Waals surface area contributed by atoms with Crippen LogP contribution in [0.1, 0.15) is 21.7 Å². The molecule has 16 heavy (non-hydrogen) atoms. The van der Waals surface area contributed by atoms with E-state index in [0.29, 0.717) is 27.6 Å². The van der Waals surface area contributed by atoms with Crippen molar-refractivity contribution < 1.29 is 9.21 Å². The van der Waals surface area contributed by atoms with Crippen molar-refractivity contribution in [1.82, 2.24) is 0 Å². The van der Waals surface area contributed by atoms with E-state index in [9.17, 15) is 4.79 Å². The summed E-state index contributed by atoms with van der Waals surface area (Å²) >= 11 is 5.86. The monoisotopic (exact) mass is 235 g/mol. The van der Waals surface area contributed by atoms with E-state index in [4.69, 9.17) is 21.8 Å². The highest BCUT2D eigenvalue weighted by atomic mass is 35.5. The van der Waals surface area contributed by atoms with Gasteiger partial charge in [-0.2, -0.15) is 0 Å². The van der Waals surface area contributed by atoms with Gasteiger partial charge in [-0.15, -0.1) is 0 Å². The number of benzene rings is 1. The third-order valence-corrected chi connectivity index (χ3v) is 2.69. The van der Waals surface area contributed by atoms with Crippen molar-refractivity contribution in [3.8, 4) is 0 Å². The highest BCUT2D eigenvalue weighted by Gasteiger charge is 2.14. The lowest BCUT2D eigenvalue weighted by Crippen LogP contribution is -2.02. The van der Waals surface area contributed by atoms with Crippen LogP contribution in [0.2, 0.25) is 5.02 Å². The SMILES string of the molecule is Cc1occc1C(=O)c1ccc(N)c(Cl)c1. The van der Waals surface area contributed by atoms with E-state index < -0.39 is 0 Å². The molecule has 3 nitrogen and oxygen atoms in total. The second-order valence-corrected chi connectivity index (χ2v) is 3.86. The molecule has 0 saturated carbocycles. The van der Waals surface area contributed by atoms with Crippen LogP contribution in [0.5, 0.6) is 0 Å². The van der Waals surface area contributed by atoms with Crippen molar-refractivity contribution in [1.29, 1.82) is 0 Å². The summed E-state index contributed by atoms with van der Waals surface area (Å²) in [5.74, 6) is 0.478. The van der Waals surface area contributed by atoms with Crippen LogP contribution < -0.4 is 5.73 Å². The zero-order valence-corrected chi connectivity index (χ0v) is 9.41. The van der Waals surface area contributed by atoms with Gasteiger partial charge >= 0.3 is 0 Å². The van der Waals surface area contributed by atoms with Crippen molar-refractivity contribution >= 4 is 23.1 Å². The van der Waals surface area contributed by atoms with Crippen molar-refractivity contribution in [3.05, 3.63) is 52.4 Å². The van der Waals surface area contributed by atoms with Gasteiger partial charge in [0.15, 0.2) is 5.78 Å². The van der Waals surface area contributed by atoms with Crippen LogP contribution in [0.3, 0.4) is 0 Å². The van der Waals surface area contributed by atoms with Gasteiger partial charge in [-0.05, 0) is 31.2 Å². The number of rotatable bonds is 2. The first-order valence-electron chi connectivity index (χ1n) is 4.73. The number of nitrogen functional groups attached to an aromatic ring is 1. The largest absolute Gasteiger partial charge is 0.469 e. The Balaban J connectivity index is 2.42. The fourth-order valence-electron chi connectivity index (χ4n) is 1.44. The smallest absolute Gasteiger partial charge is 0.196 e. The maximum atomic E-state index is 12.0. The van der Waals surface area contributed by atoms with Gasteiger partial charge in [-0.25, -0.2) is 0 Å². The molecule has 0 aliphatic rings. The van der Waals surface area contributed by atoms with Gasteiger partial charge in [0, 0.05) is 5.56 Å². The van der Waals surface area contributed by atoms with E-state index in [1.807, 2.05) is 0 Å². The number of carbonyl (C=O) groups is 1. The first-order valence-corrected chi connectivity index (χ1v) is 5.11. The average Bonchev–Trinajstić information content (AvgIpc) is 2.67. The van der Waals surface area contributed by atoms with Gasteiger partial charge in [0.05, 0.1) is 22.5 Å². The van der Waals surface area contributed by atoms with Crippen molar-refractivity contribution in [3.63, 3.8) is 0 Å². The summed E-state index contributed by atoms with van der Waals surface area (Å²) in [6.45, 7) is 1.74. The Bertz CT molecular complexity index is 546. The Kier molecular flexibility index (Phi) is 2.71. The molecule has 0 atom stereocenters. The minimum Gasteiger partial charge on any atom is -0.469 e. The van der Waals surface area contributed by atoms with Crippen LogP contribution in [0.25, 0.3) is 0 Å². The van der Waals surface area contributed by atoms with Crippen molar-refractivity contribution in [2.24, 2.45) is 0 Å². The number of anilines is 1. The molecule has 2 rings (SSSR count). The fraction of sp³-hybridized carbons (Fsp3) is 0.0833. The molecule has 0 aliphatic carbocycles. The van der Waals surface area contributed by atoms with E-state index in [0.717, 1.165) is 0 Å². The molecule has 1 aromatic carbocycles. The molecule has 4 heteroatoms. The molecular weight excluding hydrogens is 226 g/mol. The summed E-state index contributed by atoms with van der Waals surface area (Å²) < 4.78 is 5.08. The van der Waals surface area contributed by atoms with E-state index in [1.165, 1.54) is 6.26 Å². The number of carbonyl (C=O) groups excluding carboxylic acids is 1. The summed E-state index contributed by atoms with van der Waals surface area (Å²) in [6, 6.07) is 6.47. The third-order valence-electron chi connectivity index (χ3n) is 2.37. The average molecular weight is 236 g/mol. The van der Waals surface area contributed by atoms with E-state index in [-0.39, 0.29) is 5.78 Å². The second-order valence-electron chi connectivity index (χ2n) is 3.46. The molecule has 2 N–H and O–H groups in total. The van der Waals surface area contributed by atoms with Gasteiger partial charge in [0.2, 0.25) is 0 Å². The molecule has 0 fully saturated rings. The molecule has 1 heterocycles. The zero-order valence-electron chi connectivity index (χ0n) is 8.66. The summed E-state index contributed by atoms with van der Waals surface area (Å²) in [6.07, 6.45) is 1.49. The predicted octanol–water partition coefficient (Wildman–Crippen LogP) is 3.05. The number of furan rings is 1. The van der Waals surface area contributed by atoms with E-state index in [2.05, 4.69) is 0 Å². The predicted molar refractivity (Wildman–Crippen MR) is 62.7 cm³/mol. The maximum absolute atomic E-state index is 12.0. The standard InChI is InChI=1S/C12H10ClNO2/c1-7-9(4-5-16-7)12(15)8-2-3-11(14)10(13)6-8/h2-6H,14H2,1H3. The lowest BCUT2D eigenvalue weighted by Gasteiger charge is -2.02. The Labute approximate surface area is 97.8 Å². The molecule has 0 aliphatic heterocycles. The lowest BCUT2D eigenvalue weighted by molar-refractivity contribution is 0.103. The van der Waals surface area contributed by atoms with E-state index >= 15 is 0 Å². The van der Waals surface area contributed by atoms with Crippen LogP contribution in [0.15, 0.2) is 34.9 Å². The van der Waals surface area contributed by atoms with Gasteiger partial charge in [0.1, 0.15) is 5.76 Å². The van der Waals surface area contributed by atoms with Gasteiger partial charge in [-0.1, -0.05) is 11.6 Å². The Morgan fingerprint density at radius 1 is 1.38 bits per heavy atom. The van der Waals surface area contributed by atoms with Crippen LogP contribution in [-0.2, 0) is 0 Å². The Hall–Kier alpha value is -1.74. The minimum atomic E-state index is -0.117. The van der Waals surface area contributed by atoms with Gasteiger partial charge in [-0.3, -0.25) is 4.79 Å². The second kappa shape index (κ2) is 4.02. The van der Waals surface area contributed by atoms with Crippen LogP contribution in [-0.4, -0.2) is 5.78 Å². The van der Waals surface area contributed by atoms with Crippen molar-refractivity contribution in [2.75, 3.05) is 5.73 Å². The molecule has 0 amide bonds.